The lowest BCUT2D eigenvalue weighted by atomic mass is 10.1. The predicted molar refractivity (Wildman–Crippen MR) is 108 cm³/mol. The first-order chi connectivity index (χ1) is 12.9. The maximum absolute atomic E-state index is 12.0. The summed E-state index contributed by atoms with van der Waals surface area (Å²) in [4.78, 5) is 23.7. The third-order valence-corrected chi connectivity index (χ3v) is 4.29. The van der Waals surface area contributed by atoms with Gasteiger partial charge in [0, 0.05) is 31.1 Å². The number of carbonyl (C=O) groups excluding carboxylic acids is 2. The zero-order valence-corrected chi connectivity index (χ0v) is 16.5. The van der Waals surface area contributed by atoms with Gasteiger partial charge in [0.15, 0.2) is 0 Å². The Morgan fingerprint density at radius 3 is 2.19 bits per heavy atom. The van der Waals surface area contributed by atoms with Crippen LogP contribution in [0.3, 0.4) is 0 Å². The molecule has 6 heteroatoms. The first-order valence-electron chi connectivity index (χ1n) is 9.03. The van der Waals surface area contributed by atoms with Crippen LogP contribution >= 0.6 is 11.6 Å². The maximum Gasteiger partial charge on any atom is 0.315 e. The smallest absolute Gasteiger partial charge is 0.315 e. The molecule has 0 heterocycles. The Bertz CT molecular complexity index is 778. The molecule has 0 aromatic heterocycles. The molecular weight excluding hydrogens is 362 g/mol. The Kier molecular flexibility index (Phi) is 8.14. The molecule has 0 saturated heterocycles. The second kappa shape index (κ2) is 10.6. The van der Waals surface area contributed by atoms with Crippen molar-refractivity contribution in [1.29, 1.82) is 0 Å². The van der Waals surface area contributed by atoms with Crippen LogP contribution < -0.4 is 16.0 Å². The number of hydrogen-bond acceptors (Lipinski definition) is 2. The first-order valence-corrected chi connectivity index (χ1v) is 9.41. The van der Waals surface area contributed by atoms with Gasteiger partial charge in [-0.05, 0) is 28.7 Å². The van der Waals surface area contributed by atoms with Crippen LogP contribution in [0, 0.1) is 5.92 Å². The fourth-order valence-electron chi connectivity index (χ4n) is 2.56. The van der Waals surface area contributed by atoms with Gasteiger partial charge in [-0.3, -0.25) is 4.79 Å². The van der Waals surface area contributed by atoms with Crippen molar-refractivity contribution in [2.24, 2.45) is 5.92 Å². The first kappa shape index (κ1) is 20.8. The Morgan fingerprint density at radius 2 is 1.52 bits per heavy atom. The van der Waals surface area contributed by atoms with E-state index < -0.39 is 0 Å². The van der Waals surface area contributed by atoms with Crippen LogP contribution in [0.1, 0.15) is 37.0 Å². The van der Waals surface area contributed by atoms with Gasteiger partial charge in [-0.15, -0.1) is 0 Å². The van der Waals surface area contributed by atoms with E-state index >= 15 is 0 Å². The highest BCUT2D eigenvalue weighted by molar-refractivity contribution is 6.31. The molecule has 3 N–H and O–H groups in total. The normalized spacial score (nSPS) is 10.5. The molecule has 5 nitrogen and oxygen atoms in total. The molecule has 0 saturated carbocycles. The van der Waals surface area contributed by atoms with Gasteiger partial charge in [0.05, 0.1) is 0 Å². The van der Waals surface area contributed by atoms with Gasteiger partial charge in [-0.2, -0.15) is 0 Å². The maximum atomic E-state index is 12.0. The van der Waals surface area contributed by atoms with Crippen molar-refractivity contribution in [3.63, 3.8) is 0 Å². The molecule has 0 aliphatic heterocycles. The van der Waals surface area contributed by atoms with E-state index in [1.807, 2.05) is 56.3 Å². The van der Waals surface area contributed by atoms with Crippen LogP contribution in [-0.4, -0.2) is 11.9 Å². The average molecular weight is 388 g/mol. The average Bonchev–Trinajstić information content (AvgIpc) is 2.64. The Balaban J connectivity index is 1.77. The second-order valence-corrected chi connectivity index (χ2v) is 7.23. The quantitative estimate of drug-likeness (QED) is 0.640. The molecule has 0 aliphatic carbocycles. The van der Waals surface area contributed by atoms with Crippen LogP contribution in [-0.2, 0) is 24.4 Å². The Hall–Kier alpha value is -2.53. The lowest BCUT2D eigenvalue weighted by molar-refractivity contribution is -0.121. The summed E-state index contributed by atoms with van der Waals surface area (Å²) in [6.45, 7) is 5.29. The highest BCUT2D eigenvalue weighted by atomic mass is 35.5. The lowest BCUT2D eigenvalue weighted by Gasteiger charge is -2.11. The summed E-state index contributed by atoms with van der Waals surface area (Å²) in [5.41, 5.74) is 2.84. The molecule has 144 valence electrons. The summed E-state index contributed by atoms with van der Waals surface area (Å²) in [7, 11) is 0. The summed E-state index contributed by atoms with van der Waals surface area (Å²) < 4.78 is 0. The zero-order valence-electron chi connectivity index (χ0n) is 15.7. The predicted octanol–water partition coefficient (Wildman–Crippen LogP) is 4.00. The van der Waals surface area contributed by atoms with E-state index in [-0.39, 0.29) is 11.9 Å². The van der Waals surface area contributed by atoms with Gasteiger partial charge in [-0.1, -0.05) is 67.9 Å². The third-order valence-electron chi connectivity index (χ3n) is 3.93. The largest absolute Gasteiger partial charge is 0.352 e. The van der Waals surface area contributed by atoms with Crippen molar-refractivity contribution in [2.75, 3.05) is 0 Å². The van der Waals surface area contributed by atoms with Crippen LogP contribution in [0.5, 0.6) is 0 Å². The molecule has 2 rings (SSSR count). The van der Waals surface area contributed by atoms with Gasteiger partial charge in [0.1, 0.15) is 0 Å². The van der Waals surface area contributed by atoms with E-state index in [9.17, 15) is 9.59 Å². The van der Waals surface area contributed by atoms with Crippen molar-refractivity contribution >= 4 is 23.5 Å². The number of urea groups is 1. The van der Waals surface area contributed by atoms with E-state index in [0.29, 0.717) is 37.0 Å². The summed E-state index contributed by atoms with van der Waals surface area (Å²) >= 11 is 6.08. The second-order valence-electron chi connectivity index (χ2n) is 6.82. The fraction of sp³-hybridized carbons (Fsp3) is 0.333. The van der Waals surface area contributed by atoms with E-state index in [2.05, 4.69) is 16.0 Å². The zero-order chi connectivity index (χ0) is 19.6. The molecule has 0 unspecified atom stereocenters. The number of nitrogens with one attached hydrogen (secondary N) is 3. The number of hydrogen-bond donors (Lipinski definition) is 3. The number of halogens is 1. The molecule has 2 aromatic carbocycles. The minimum absolute atomic E-state index is 0.0486. The topological polar surface area (TPSA) is 70.2 Å². The van der Waals surface area contributed by atoms with Gasteiger partial charge in [-0.25, -0.2) is 4.79 Å². The summed E-state index contributed by atoms with van der Waals surface area (Å²) in [5.74, 6) is 0.386. The summed E-state index contributed by atoms with van der Waals surface area (Å²) in [6, 6.07) is 14.9. The van der Waals surface area contributed by atoms with Crippen LogP contribution in [0.15, 0.2) is 48.5 Å². The van der Waals surface area contributed by atoms with Gasteiger partial charge < -0.3 is 16.0 Å². The van der Waals surface area contributed by atoms with Gasteiger partial charge in [0.2, 0.25) is 5.91 Å². The Morgan fingerprint density at radius 1 is 0.889 bits per heavy atom. The van der Waals surface area contributed by atoms with Crippen LogP contribution in [0.25, 0.3) is 0 Å². The fourth-order valence-corrected chi connectivity index (χ4v) is 2.76. The third kappa shape index (κ3) is 7.71. The summed E-state index contributed by atoms with van der Waals surface area (Å²) in [6.07, 6.45) is 0.521. The molecule has 0 fully saturated rings. The molecule has 3 amide bonds. The Labute approximate surface area is 165 Å². The number of amides is 3. The van der Waals surface area contributed by atoms with E-state index in [1.54, 1.807) is 6.07 Å². The van der Waals surface area contributed by atoms with Gasteiger partial charge >= 0.3 is 6.03 Å². The number of carbonyl (C=O) groups is 2. The standard InChI is InChI=1S/C21H26ClN3O2/c1-15(2)10-20(26)23-12-16-6-5-7-17(11-16)13-24-21(27)25-14-18-8-3-4-9-19(18)22/h3-9,11,15H,10,12-14H2,1-2H3,(H,23,26)(H2,24,25,27). The monoisotopic (exact) mass is 387 g/mol. The minimum atomic E-state index is -0.259. The minimum Gasteiger partial charge on any atom is -0.352 e. The van der Waals surface area contributed by atoms with Crippen molar-refractivity contribution in [3.8, 4) is 0 Å². The van der Waals surface area contributed by atoms with E-state index in [1.165, 1.54) is 0 Å². The molecule has 0 radical (unpaired) electrons. The lowest BCUT2D eigenvalue weighted by Crippen LogP contribution is -2.34. The highest BCUT2D eigenvalue weighted by Crippen LogP contribution is 2.14. The molecule has 27 heavy (non-hydrogen) atoms. The van der Waals surface area contributed by atoms with Crippen molar-refractivity contribution < 1.29 is 9.59 Å². The molecule has 0 bridgehead atoms. The van der Waals surface area contributed by atoms with Crippen molar-refractivity contribution in [3.05, 3.63) is 70.2 Å². The number of benzene rings is 2. The summed E-state index contributed by atoms with van der Waals surface area (Å²) in [5, 5.41) is 9.16. The van der Waals surface area contributed by atoms with Crippen LogP contribution in [0.4, 0.5) is 4.79 Å². The molecule has 2 aromatic rings. The molecule has 0 atom stereocenters. The molecular formula is C21H26ClN3O2. The van der Waals surface area contributed by atoms with Gasteiger partial charge in [0.25, 0.3) is 0 Å². The van der Waals surface area contributed by atoms with Crippen LogP contribution in [0.2, 0.25) is 5.02 Å². The van der Waals surface area contributed by atoms with Crippen molar-refractivity contribution in [2.45, 2.75) is 39.9 Å². The SMILES string of the molecule is CC(C)CC(=O)NCc1cccc(CNC(=O)NCc2ccccc2Cl)c1. The van der Waals surface area contributed by atoms with E-state index in [4.69, 9.17) is 11.6 Å². The highest BCUT2D eigenvalue weighted by Gasteiger charge is 2.06. The van der Waals surface area contributed by atoms with Crippen molar-refractivity contribution in [1.82, 2.24) is 16.0 Å². The number of rotatable bonds is 8. The molecule has 0 spiro atoms. The van der Waals surface area contributed by atoms with E-state index in [0.717, 1.165) is 16.7 Å². The molecule has 0 aliphatic rings.